The molecule has 0 unspecified atom stereocenters. The summed E-state index contributed by atoms with van der Waals surface area (Å²) in [6.07, 6.45) is 13.9. The number of H-pyrrole nitrogens is 1. The molecule has 0 aliphatic heterocycles. The first-order chi connectivity index (χ1) is 8.85. The summed E-state index contributed by atoms with van der Waals surface area (Å²) in [5, 5.41) is 1.27. The van der Waals surface area contributed by atoms with Crippen LogP contribution in [0.25, 0.3) is 17.0 Å². The van der Waals surface area contributed by atoms with Crippen LogP contribution in [0.3, 0.4) is 0 Å². The molecule has 0 aliphatic carbocycles. The molecule has 0 saturated carbocycles. The summed E-state index contributed by atoms with van der Waals surface area (Å²) >= 11 is 0. The van der Waals surface area contributed by atoms with Crippen molar-refractivity contribution < 1.29 is 0 Å². The molecule has 1 heterocycles. The summed E-state index contributed by atoms with van der Waals surface area (Å²) in [5.74, 6) is 0. The largest absolute Gasteiger partial charge is 0.361 e. The third-order valence-corrected chi connectivity index (χ3v) is 2.88. The maximum atomic E-state index is 3.29. The molecule has 2 aromatic rings. The van der Waals surface area contributed by atoms with Crippen LogP contribution in [-0.4, -0.2) is 4.98 Å². The maximum Gasteiger partial charge on any atom is 0.0460 e. The van der Waals surface area contributed by atoms with Crippen LogP contribution in [0, 0.1) is 0 Å². The first kappa shape index (κ1) is 12.4. The summed E-state index contributed by atoms with van der Waals surface area (Å²) < 4.78 is 0. The lowest BCUT2D eigenvalue weighted by molar-refractivity contribution is 1.21. The number of rotatable bonds is 4. The molecule has 0 spiro atoms. The number of allylic oxidation sites excluding steroid dienone is 5. The Bertz CT molecular complexity index is 597. The number of nitrogens with one attached hydrogen (secondary N) is 1. The SMILES string of the molecule is C/C=C\C(C=Cc1c[nH]c2ccccc12)=C/CC. The van der Waals surface area contributed by atoms with Gasteiger partial charge in [0.15, 0.2) is 0 Å². The molecule has 2 rings (SSSR count). The summed E-state index contributed by atoms with van der Waals surface area (Å²) in [6, 6.07) is 8.36. The molecular formula is C17H19N. The van der Waals surface area contributed by atoms with Gasteiger partial charge in [0.25, 0.3) is 0 Å². The Balaban J connectivity index is 2.30. The minimum absolute atomic E-state index is 1.05. The van der Waals surface area contributed by atoms with E-state index in [9.17, 15) is 0 Å². The third-order valence-electron chi connectivity index (χ3n) is 2.88. The standard InChI is InChI=1S/C17H19N/c1-3-7-14(8-4-2)11-12-15-13-18-17-10-6-5-9-16(15)17/h3,5-13,18H,4H2,1-2H3/b7-3-,12-11?,14-8+. The lowest BCUT2D eigenvalue weighted by Gasteiger charge is -1.94. The molecule has 0 bridgehead atoms. The molecule has 0 saturated heterocycles. The molecule has 0 atom stereocenters. The molecular weight excluding hydrogens is 218 g/mol. The van der Waals surface area contributed by atoms with E-state index >= 15 is 0 Å². The maximum absolute atomic E-state index is 3.29. The molecule has 0 amide bonds. The van der Waals surface area contributed by atoms with Crippen molar-refractivity contribution >= 4 is 17.0 Å². The van der Waals surface area contributed by atoms with Crippen LogP contribution in [0.4, 0.5) is 0 Å². The Kier molecular flexibility index (Phi) is 4.19. The van der Waals surface area contributed by atoms with E-state index in [1.54, 1.807) is 0 Å². The predicted molar refractivity (Wildman–Crippen MR) is 80.5 cm³/mol. The van der Waals surface area contributed by atoms with Crippen molar-refractivity contribution in [2.24, 2.45) is 0 Å². The number of aromatic nitrogens is 1. The average Bonchev–Trinajstić information content (AvgIpc) is 2.80. The van der Waals surface area contributed by atoms with Gasteiger partial charge in [0.2, 0.25) is 0 Å². The Morgan fingerprint density at radius 3 is 2.83 bits per heavy atom. The van der Waals surface area contributed by atoms with Crippen molar-refractivity contribution in [3.63, 3.8) is 0 Å². The van der Waals surface area contributed by atoms with Gasteiger partial charge in [0.05, 0.1) is 0 Å². The highest BCUT2D eigenvalue weighted by molar-refractivity contribution is 5.89. The lowest BCUT2D eigenvalue weighted by Crippen LogP contribution is -1.72. The highest BCUT2D eigenvalue weighted by Gasteiger charge is 1.98. The smallest absolute Gasteiger partial charge is 0.0460 e. The number of hydrogen-bond donors (Lipinski definition) is 1. The van der Waals surface area contributed by atoms with E-state index < -0.39 is 0 Å². The highest BCUT2D eigenvalue weighted by atomic mass is 14.7. The summed E-state index contributed by atoms with van der Waals surface area (Å²) in [5.41, 5.74) is 3.67. The molecule has 18 heavy (non-hydrogen) atoms. The molecule has 1 nitrogen and oxygen atoms in total. The van der Waals surface area contributed by atoms with Crippen LogP contribution in [0.5, 0.6) is 0 Å². The van der Waals surface area contributed by atoms with E-state index in [1.807, 2.05) is 6.92 Å². The summed E-state index contributed by atoms with van der Waals surface area (Å²) in [7, 11) is 0. The van der Waals surface area contributed by atoms with Crippen molar-refractivity contribution in [2.45, 2.75) is 20.3 Å². The van der Waals surface area contributed by atoms with Crippen LogP contribution < -0.4 is 0 Å². The van der Waals surface area contributed by atoms with Crippen molar-refractivity contribution in [3.05, 3.63) is 65.9 Å². The van der Waals surface area contributed by atoms with Gasteiger partial charge in [-0.15, -0.1) is 0 Å². The van der Waals surface area contributed by atoms with Gasteiger partial charge in [0.1, 0.15) is 0 Å². The number of benzene rings is 1. The van der Waals surface area contributed by atoms with Crippen molar-refractivity contribution in [1.82, 2.24) is 4.98 Å². The minimum Gasteiger partial charge on any atom is -0.361 e. The predicted octanol–water partition coefficient (Wildman–Crippen LogP) is 5.09. The van der Waals surface area contributed by atoms with Gasteiger partial charge in [-0.2, -0.15) is 0 Å². The monoisotopic (exact) mass is 237 g/mol. The molecule has 92 valence electrons. The first-order valence-electron chi connectivity index (χ1n) is 6.42. The molecule has 1 heteroatoms. The van der Waals surface area contributed by atoms with Crippen molar-refractivity contribution in [3.8, 4) is 0 Å². The van der Waals surface area contributed by atoms with E-state index in [4.69, 9.17) is 0 Å². The zero-order valence-electron chi connectivity index (χ0n) is 11.0. The Labute approximate surface area is 109 Å². The quantitative estimate of drug-likeness (QED) is 0.712. The van der Waals surface area contributed by atoms with Crippen molar-refractivity contribution in [2.75, 3.05) is 0 Å². The third kappa shape index (κ3) is 2.80. The number of hydrogen-bond acceptors (Lipinski definition) is 0. The van der Waals surface area contributed by atoms with Gasteiger partial charge in [-0.1, -0.05) is 55.5 Å². The second-order valence-corrected chi connectivity index (χ2v) is 4.24. The van der Waals surface area contributed by atoms with Crippen LogP contribution in [0.2, 0.25) is 0 Å². The fourth-order valence-electron chi connectivity index (χ4n) is 2.04. The summed E-state index contributed by atoms with van der Waals surface area (Å²) in [6.45, 7) is 4.20. The average molecular weight is 237 g/mol. The van der Waals surface area contributed by atoms with Gasteiger partial charge in [-0.3, -0.25) is 0 Å². The molecule has 1 aromatic carbocycles. The lowest BCUT2D eigenvalue weighted by atomic mass is 10.1. The van der Waals surface area contributed by atoms with Crippen LogP contribution >= 0.6 is 0 Å². The van der Waals surface area contributed by atoms with E-state index in [1.165, 1.54) is 22.0 Å². The van der Waals surface area contributed by atoms with Crippen molar-refractivity contribution in [1.29, 1.82) is 0 Å². The van der Waals surface area contributed by atoms with Gasteiger partial charge in [0, 0.05) is 17.1 Å². The topological polar surface area (TPSA) is 15.8 Å². The second kappa shape index (κ2) is 6.06. The van der Waals surface area contributed by atoms with Gasteiger partial charge in [-0.25, -0.2) is 0 Å². The zero-order chi connectivity index (χ0) is 12.8. The fraction of sp³-hybridized carbons (Fsp3) is 0.176. The number of fused-ring (bicyclic) bond motifs is 1. The normalized spacial score (nSPS) is 13.1. The summed E-state index contributed by atoms with van der Waals surface area (Å²) in [4.78, 5) is 3.29. The molecule has 1 N–H and O–H groups in total. The van der Waals surface area contributed by atoms with E-state index in [-0.39, 0.29) is 0 Å². The zero-order valence-corrected chi connectivity index (χ0v) is 11.0. The van der Waals surface area contributed by atoms with Gasteiger partial charge in [-0.05, 0) is 30.5 Å². The Hall–Kier alpha value is -2.02. The molecule has 0 aliphatic rings. The van der Waals surface area contributed by atoms with Gasteiger partial charge < -0.3 is 4.98 Å². The molecule has 0 fully saturated rings. The minimum atomic E-state index is 1.05. The van der Waals surface area contributed by atoms with Gasteiger partial charge >= 0.3 is 0 Å². The Morgan fingerprint density at radius 1 is 1.22 bits per heavy atom. The van der Waals surface area contributed by atoms with E-state index in [2.05, 4.69) is 72.8 Å². The van der Waals surface area contributed by atoms with Crippen LogP contribution in [0.15, 0.2) is 60.3 Å². The molecule has 1 aromatic heterocycles. The number of aromatic amines is 1. The molecule has 0 radical (unpaired) electrons. The highest BCUT2D eigenvalue weighted by Crippen LogP contribution is 2.19. The first-order valence-corrected chi connectivity index (χ1v) is 6.42. The Morgan fingerprint density at radius 2 is 2.06 bits per heavy atom. The van der Waals surface area contributed by atoms with Crippen LogP contribution in [0.1, 0.15) is 25.8 Å². The fourth-order valence-corrected chi connectivity index (χ4v) is 2.04. The second-order valence-electron chi connectivity index (χ2n) is 4.24. The van der Waals surface area contributed by atoms with Crippen LogP contribution in [-0.2, 0) is 0 Å². The number of para-hydroxylation sites is 1. The van der Waals surface area contributed by atoms with E-state index in [0.717, 1.165) is 6.42 Å². The van der Waals surface area contributed by atoms with E-state index in [0.29, 0.717) is 0 Å².